The minimum Gasteiger partial charge on any atom is -0.361 e. The molecule has 3 heteroatoms. The number of hydrogen-bond donors (Lipinski definition) is 1. The highest BCUT2D eigenvalue weighted by Crippen LogP contribution is 2.23. The van der Waals surface area contributed by atoms with Gasteiger partial charge in [-0.15, -0.1) is 0 Å². The average molecular weight is 265 g/mol. The van der Waals surface area contributed by atoms with E-state index >= 15 is 0 Å². The molecule has 1 N–H and O–H groups in total. The van der Waals surface area contributed by atoms with Crippen molar-refractivity contribution in [3.8, 4) is 0 Å². The molecule has 0 saturated heterocycles. The summed E-state index contributed by atoms with van der Waals surface area (Å²) >= 11 is 0. The summed E-state index contributed by atoms with van der Waals surface area (Å²) < 4.78 is 0. The molecule has 1 unspecified atom stereocenters. The molecule has 2 heterocycles. The van der Waals surface area contributed by atoms with E-state index in [2.05, 4.69) is 65.2 Å². The summed E-state index contributed by atoms with van der Waals surface area (Å²) in [6.45, 7) is 3.16. The maximum absolute atomic E-state index is 4.08. The minimum atomic E-state index is 0.368. The summed E-state index contributed by atoms with van der Waals surface area (Å²) in [4.78, 5) is 9.71. The fourth-order valence-corrected chi connectivity index (χ4v) is 2.59. The molecule has 0 aliphatic heterocycles. The normalized spacial score (nSPS) is 12.9. The van der Waals surface area contributed by atoms with Crippen LogP contribution in [0.2, 0.25) is 0 Å². The third kappa shape index (κ3) is 2.45. The van der Waals surface area contributed by atoms with Crippen molar-refractivity contribution in [2.24, 2.45) is 0 Å². The fraction of sp³-hybridized carbons (Fsp3) is 0.235. The van der Waals surface area contributed by atoms with Crippen molar-refractivity contribution in [3.05, 3.63) is 66.1 Å². The fourth-order valence-electron chi connectivity index (χ4n) is 2.59. The summed E-state index contributed by atoms with van der Waals surface area (Å²) in [5.74, 6) is 0. The Kier molecular flexibility index (Phi) is 3.52. The first-order valence-corrected chi connectivity index (χ1v) is 6.91. The van der Waals surface area contributed by atoms with Crippen molar-refractivity contribution in [2.75, 3.05) is 7.05 Å². The quantitative estimate of drug-likeness (QED) is 0.779. The van der Waals surface area contributed by atoms with E-state index < -0.39 is 0 Å². The van der Waals surface area contributed by atoms with Crippen molar-refractivity contribution in [2.45, 2.75) is 19.5 Å². The first-order valence-electron chi connectivity index (χ1n) is 6.91. The van der Waals surface area contributed by atoms with Crippen molar-refractivity contribution in [3.63, 3.8) is 0 Å². The lowest BCUT2D eigenvalue weighted by molar-refractivity contribution is 0.254. The minimum absolute atomic E-state index is 0.368. The van der Waals surface area contributed by atoms with Gasteiger partial charge in [-0.05, 0) is 49.4 Å². The Morgan fingerprint density at radius 1 is 1.15 bits per heavy atom. The van der Waals surface area contributed by atoms with Gasteiger partial charge < -0.3 is 4.98 Å². The van der Waals surface area contributed by atoms with Gasteiger partial charge in [0.2, 0.25) is 0 Å². The summed E-state index contributed by atoms with van der Waals surface area (Å²) in [6.07, 6.45) is 5.71. The molecule has 0 bridgehead atoms. The highest BCUT2D eigenvalue weighted by Gasteiger charge is 2.13. The molecule has 20 heavy (non-hydrogen) atoms. The number of rotatable bonds is 4. The molecule has 102 valence electrons. The van der Waals surface area contributed by atoms with E-state index in [0.717, 1.165) is 6.54 Å². The molecule has 0 spiro atoms. The zero-order chi connectivity index (χ0) is 13.9. The number of pyridine rings is 1. The van der Waals surface area contributed by atoms with Gasteiger partial charge >= 0.3 is 0 Å². The summed E-state index contributed by atoms with van der Waals surface area (Å²) in [5, 5.41) is 1.31. The lowest BCUT2D eigenvalue weighted by atomic mass is 10.1. The van der Waals surface area contributed by atoms with Gasteiger partial charge in [0, 0.05) is 42.1 Å². The van der Waals surface area contributed by atoms with Crippen LogP contribution in [0.15, 0.2) is 55.0 Å². The molecule has 2 aromatic heterocycles. The Morgan fingerprint density at radius 2 is 1.95 bits per heavy atom. The molecule has 3 rings (SSSR count). The molecule has 0 aliphatic rings. The number of nitrogens with one attached hydrogen (secondary N) is 1. The van der Waals surface area contributed by atoms with Crippen molar-refractivity contribution in [1.82, 2.24) is 14.9 Å². The van der Waals surface area contributed by atoms with Crippen LogP contribution >= 0.6 is 0 Å². The van der Waals surface area contributed by atoms with Gasteiger partial charge in [-0.25, -0.2) is 0 Å². The second-order valence-electron chi connectivity index (χ2n) is 5.23. The molecule has 1 aromatic carbocycles. The lowest BCUT2D eigenvalue weighted by Crippen LogP contribution is -2.22. The smallest absolute Gasteiger partial charge is 0.0457 e. The highest BCUT2D eigenvalue weighted by atomic mass is 15.1. The van der Waals surface area contributed by atoms with Gasteiger partial charge in [0.1, 0.15) is 0 Å². The number of fused-ring (bicyclic) bond motifs is 1. The average Bonchev–Trinajstić information content (AvgIpc) is 2.97. The monoisotopic (exact) mass is 265 g/mol. The summed E-state index contributed by atoms with van der Waals surface area (Å²) in [5.41, 5.74) is 3.85. The Morgan fingerprint density at radius 3 is 2.75 bits per heavy atom. The van der Waals surface area contributed by atoms with Crippen LogP contribution in [-0.2, 0) is 6.54 Å². The number of benzene rings is 1. The molecule has 3 nitrogen and oxygen atoms in total. The number of aromatic amines is 1. The van der Waals surface area contributed by atoms with Crippen LogP contribution in [0.4, 0.5) is 0 Å². The molecule has 0 radical (unpaired) electrons. The van der Waals surface area contributed by atoms with E-state index in [4.69, 9.17) is 0 Å². The topological polar surface area (TPSA) is 31.9 Å². The Balaban J connectivity index is 1.82. The maximum Gasteiger partial charge on any atom is 0.0457 e. The van der Waals surface area contributed by atoms with Crippen LogP contribution in [0, 0.1) is 0 Å². The zero-order valence-electron chi connectivity index (χ0n) is 11.9. The number of nitrogens with zero attached hydrogens (tertiary/aromatic N) is 2. The van der Waals surface area contributed by atoms with Crippen LogP contribution in [0.5, 0.6) is 0 Å². The molecule has 3 aromatic rings. The predicted octanol–water partition coefficient (Wildman–Crippen LogP) is 3.76. The SMILES string of the molecule is CC(c1ccncc1)N(C)Cc1cccc2[nH]ccc12. The Labute approximate surface area is 119 Å². The molecular weight excluding hydrogens is 246 g/mol. The predicted molar refractivity (Wildman–Crippen MR) is 82.4 cm³/mol. The van der Waals surface area contributed by atoms with Gasteiger partial charge in [-0.3, -0.25) is 9.88 Å². The van der Waals surface area contributed by atoms with Crippen LogP contribution in [0.1, 0.15) is 24.1 Å². The number of H-pyrrole nitrogens is 1. The van der Waals surface area contributed by atoms with Crippen molar-refractivity contribution in [1.29, 1.82) is 0 Å². The second kappa shape index (κ2) is 5.47. The van der Waals surface area contributed by atoms with Crippen LogP contribution in [0.3, 0.4) is 0 Å². The van der Waals surface area contributed by atoms with Crippen molar-refractivity contribution < 1.29 is 0 Å². The Hall–Kier alpha value is -2.13. The van der Waals surface area contributed by atoms with E-state index in [1.54, 1.807) is 0 Å². The zero-order valence-corrected chi connectivity index (χ0v) is 11.9. The van der Waals surface area contributed by atoms with Gasteiger partial charge in [-0.1, -0.05) is 12.1 Å². The van der Waals surface area contributed by atoms with E-state index in [-0.39, 0.29) is 0 Å². The summed E-state index contributed by atoms with van der Waals surface area (Å²) in [6, 6.07) is 13.1. The molecular formula is C17H19N3. The lowest BCUT2D eigenvalue weighted by Gasteiger charge is -2.25. The molecule has 0 saturated carbocycles. The first-order chi connectivity index (χ1) is 9.75. The second-order valence-corrected chi connectivity index (χ2v) is 5.23. The molecule has 0 amide bonds. The van der Waals surface area contributed by atoms with Gasteiger partial charge in [0.05, 0.1) is 0 Å². The van der Waals surface area contributed by atoms with Gasteiger partial charge in [0.15, 0.2) is 0 Å². The van der Waals surface area contributed by atoms with Gasteiger partial charge in [-0.2, -0.15) is 0 Å². The van der Waals surface area contributed by atoms with Gasteiger partial charge in [0.25, 0.3) is 0 Å². The molecule has 0 aliphatic carbocycles. The van der Waals surface area contributed by atoms with E-state index in [0.29, 0.717) is 6.04 Å². The van der Waals surface area contributed by atoms with E-state index in [1.807, 2.05) is 18.6 Å². The van der Waals surface area contributed by atoms with Crippen molar-refractivity contribution >= 4 is 10.9 Å². The summed E-state index contributed by atoms with van der Waals surface area (Å²) in [7, 11) is 2.16. The third-order valence-electron chi connectivity index (χ3n) is 3.95. The van der Waals surface area contributed by atoms with E-state index in [9.17, 15) is 0 Å². The standard InChI is InChI=1S/C17H19N3/c1-13(14-6-9-18-10-7-14)20(2)12-15-4-3-5-17-16(15)8-11-19-17/h3-11,13,19H,12H2,1-2H3. The van der Waals surface area contributed by atoms with Crippen LogP contribution in [-0.4, -0.2) is 21.9 Å². The maximum atomic E-state index is 4.08. The number of aromatic nitrogens is 2. The highest BCUT2D eigenvalue weighted by molar-refractivity contribution is 5.82. The van der Waals surface area contributed by atoms with Crippen LogP contribution in [0.25, 0.3) is 10.9 Å². The Bertz CT molecular complexity index is 688. The first kappa shape index (κ1) is 12.9. The van der Waals surface area contributed by atoms with Crippen LogP contribution < -0.4 is 0 Å². The molecule has 0 fully saturated rings. The largest absolute Gasteiger partial charge is 0.361 e. The third-order valence-corrected chi connectivity index (χ3v) is 3.95. The van der Waals surface area contributed by atoms with E-state index in [1.165, 1.54) is 22.0 Å². The molecule has 1 atom stereocenters. The number of hydrogen-bond acceptors (Lipinski definition) is 2.